The topological polar surface area (TPSA) is 0 Å². The number of allylic oxidation sites excluding steroid dienone is 6. The molecule has 0 aromatic heterocycles. The molecule has 0 amide bonds. The highest BCUT2D eigenvalue weighted by atomic mass is 14.3. The normalized spacial score (nSPS) is 12.2. The minimum Gasteiger partial charge on any atom is -0.120 e. The predicted molar refractivity (Wildman–Crippen MR) is 155 cm³/mol. The van der Waals surface area contributed by atoms with E-state index in [0.717, 1.165) is 32.1 Å². The number of hydrogen-bond acceptors (Lipinski definition) is 0. The second-order valence-corrected chi connectivity index (χ2v) is 7.46. The van der Waals surface area contributed by atoms with Gasteiger partial charge in [-0.3, -0.25) is 0 Å². The maximum Gasteiger partial charge on any atom is -0.00234 e. The maximum atomic E-state index is 4.60. The quantitative estimate of drug-likeness (QED) is 0.246. The molecule has 0 saturated carbocycles. The fourth-order valence-corrected chi connectivity index (χ4v) is 2.64. The molecule has 0 bridgehead atoms. The third-order valence-corrected chi connectivity index (χ3v) is 4.65. The monoisotopic (exact) mass is 442 g/mol. The maximum absolute atomic E-state index is 4.60. The van der Waals surface area contributed by atoms with Gasteiger partial charge in [0.1, 0.15) is 0 Å². The van der Waals surface area contributed by atoms with Crippen molar-refractivity contribution in [3.8, 4) is 24.2 Å². The van der Waals surface area contributed by atoms with E-state index in [4.69, 9.17) is 0 Å². The molecule has 0 rings (SSSR count). The molecule has 32 heavy (non-hydrogen) atoms. The zero-order valence-electron chi connectivity index (χ0n) is 24.2. The molecule has 0 aromatic rings. The van der Waals surface area contributed by atoms with Crippen molar-refractivity contribution in [2.24, 2.45) is 5.41 Å². The molecule has 0 aliphatic rings. The van der Waals surface area contributed by atoms with Crippen molar-refractivity contribution in [1.82, 2.24) is 0 Å². The summed E-state index contributed by atoms with van der Waals surface area (Å²) < 4.78 is 0. The first-order valence-electron chi connectivity index (χ1n) is 12.6. The first kappa shape index (κ1) is 40.4. The molecule has 0 heterocycles. The van der Waals surface area contributed by atoms with Crippen molar-refractivity contribution < 1.29 is 0 Å². The second-order valence-electron chi connectivity index (χ2n) is 7.46. The average molecular weight is 443 g/mol. The highest BCUT2D eigenvalue weighted by Crippen LogP contribution is 2.38. The van der Waals surface area contributed by atoms with Crippen LogP contribution in [0.2, 0.25) is 0 Å². The molecule has 186 valence electrons. The zero-order chi connectivity index (χ0) is 26.4. The Labute approximate surface area is 205 Å². The van der Waals surface area contributed by atoms with Crippen LogP contribution < -0.4 is 0 Å². The van der Waals surface area contributed by atoms with Gasteiger partial charge in [0.2, 0.25) is 0 Å². The summed E-state index contributed by atoms with van der Waals surface area (Å²) in [4.78, 5) is 0. The van der Waals surface area contributed by atoms with Crippen LogP contribution in [0.25, 0.3) is 0 Å². The molecule has 1 unspecified atom stereocenters. The summed E-state index contributed by atoms with van der Waals surface area (Å²) in [6, 6.07) is 0. The van der Waals surface area contributed by atoms with Gasteiger partial charge in [-0.1, -0.05) is 97.1 Å². The summed E-state index contributed by atoms with van der Waals surface area (Å²) >= 11 is 0. The molecular weight excluding hydrogens is 384 g/mol. The molecule has 0 fully saturated rings. The summed E-state index contributed by atoms with van der Waals surface area (Å²) in [6.07, 6.45) is 19.9. The van der Waals surface area contributed by atoms with E-state index in [0.29, 0.717) is 5.41 Å². The van der Waals surface area contributed by atoms with E-state index in [1.54, 1.807) is 12.5 Å². The van der Waals surface area contributed by atoms with Crippen LogP contribution in [0.15, 0.2) is 48.1 Å². The van der Waals surface area contributed by atoms with Crippen LogP contribution >= 0.6 is 0 Å². The van der Waals surface area contributed by atoms with Gasteiger partial charge in [-0.15, -0.1) is 31.4 Å². The zero-order valence-corrected chi connectivity index (χ0v) is 24.2. The molecule has 0 nitrogen and oxygen atoms in total. The second kappa shape index (κ2) is 33.7. The first-order chi connectivity index (χ1) is 15.3. The van der Waals surface area contributed by atoms with E-state index in [2.05, 4.69) is 111 Å². The molecule has 0 radical (unpaired) electrons. The van der Waals surface area contributed by atoms with Gasteiger partial charge in [-0.25, -0.2) is 0 Å². The lowest BCUT2D eigenvalue weighted by Gasteiger charge is -2.31. The van der Waals surface area contributed by atoms with Gasteiger partial charge in [0.25, 0.3) is 0 Å². The van der Waals surface area contributed by atoms with Crippen molar-refractivity contribution in [3.63, 3.8) is 0 Å². The molecule has 0 saturated heterocycles. The summed E-state index contributed by atoms with van der Waals surface area (Å²) in [5.41, 5.74) is 4.61. The number of hydrogen-bond donors (Lipinski definition) is 0. The predicted octanol–water partition coefficient (Wildman–Crippen LogP) is 11.1. The van der Waals surface area contributed by atoms with Crippen molar-refractivity contribution >= 4 is 0 Å². The molecule has 0 aliphatic carbocycles. The average Bonchev–Trinajstić information content (AvgIpc) is 2.80. The van der Waals surface area contributed by atoms with E-state index >= 15 is 0 Å². The molecule has 0 heteroatoms. The smallest absolute Gasteiger partial charge is 0.00234 e. The van der Waals surface area contributed by atoms with Gasteiger partial charge < -0.3 is 0 Å². The molecule has 0 N–H and O–H groups in total. The van der Waals surface area contributed by atoms with Crippen molar-refractivity contribution in [3.05, 3.63) is 48.1 Å². The van der Waals surface area contributed by atoms with Gasteiger partial charge in [-0.2, -0.15) is 0 Å². The van der Waals surface area contributed by atoms with E-state index in [1.807, 2.05) is 20.8 Å². The Kier molecular flexibility index (Phi) is 42.6. The summed E-state index contributed by atoms with van der Waals surface area (Å²) in [6.45, 7) is 31.4. The third kappa shape index (κ3) is 28.1. The van der Waals surface area contributed by atoms with Crippen molar-refractivity contribution in [2.75, 3.05) is 0 Å². The van der Waals surface area contributed by atoms with Crippen LogP contribution in [0.1, 0.15) is 128 Å². The Hall–Kier alpha value is -1.92. The van der Waals surface area contributed by atoms with Gasteiger partial charge in [0, 0.05) is 0 Å². The van der Waals surface area contributed by atoms with E-state index in [9.17, 15) is 0 Å². The van der Waals surface area contributed by atoms with Crippen LogP contribution in [0.3, 0.4) is 0 Å². The molecule has 0 aromatic carbocycles. The Morgan fingerprint density at radius 2 is 1.41 bits per heavy atom. The van der Waals surface area contributed by atoms with Crippen LogP contribution in [0, 0.1) is 29.6 Å². The first-order valence-corrected chi connectivity index (χ1v) is 12.6. The molecule has 1 atom stereocenters. The van der Waals surface area contributed by atoms with Crippen LogP contribution in [0.5, 0.6) is 0 Å². The standard InChI is InChI=1S/C22H36.C3H8.C3H4.C2H6.C2H4/c1-8-13-20(6)15-12-16-21(14-9-2)22(7,11-4)18-17-19(5)10-3;2*1-3-2;2*1-2/h14-15,17H,9-12,16,18H2,1-7H3;3H2,1-2H3;1H,2H3;1-2H3;1-2H2/b19-17-,20-15-,21-14+;;;;. The molecule has 0 spiro atoms. The minimum absolute atomic E-state index is 0.296. The minimum atomic E-state index is 0.296. The largest absolute Gasteiger partial charge is 0.120 e. The summed E-state index contributed by atoms with van der Waals surface area (Å²) in [5, 5.41) is 0. The van der Waals surface area contributed by atoms with Gasteiger partial charge in [0.15, 0.2) is 0 Å². The Bertz CT molecular complexity index is 565. The van der Waals surface area contributed by atoms with Gasteiger partial charge in [-0.05, 0) is 77.2 Å². The fraction of sp³-hybridized carbons (Fsp3) is 0.625. The fourth-order valence-electron chi connectivity index (χ4n) is 2.64. The lowest BCUT2D eigenvalue weighted by atomic mass is 9.74. The lowest BCUT2D eigenvalue weighted by molar-refractivity contribution is 0.372. The van der Waals surface area contributed by atoms with Crippen molar-refractivity contribution in [2.45, 2.75) is 128 Å². The van der Waals surface area contributed by atoms with E-state index < -0.39 is 0 Å². The van der Waals surface area contributed by atoms with Crippen LogP contribution in [0.4, 0.5) is 0 Å². The lowest BCUT2D eigenvalue weighted by Crippen LogP contribution is -2.18. The Morgan fingerprint density at radius 1 is 0.938 bits per heavy atom. The van der Waals surface area contributed by atoms with Crippen LogP contribution in [-0.4, -0.2) is 0 Å². The van der Waals surface area contributed by atoms with Gasteiger partial charge in [0.05, 0.1) is 0 Å². The number of rotatable bonds is 9. The highest BCUT2D eigenvalue weighted by Gasteiger charge is 2.25. The van der Waals surface area contributed by atoms with E-state index in [1.165, 1.54) is 24.0 Å². The summed E-state index contributed by atoms with van der Waals surface area (Å²) in [5.74, 6) is 8.35. The Balaban J connectivity index is -0.000000207. The van der Waals surface area contributed by atoms with Crippen LogP contribution in [-0.2, 0) is 0 Å². The molecular formula is C32H58. The van der Waals surface area contributed by atoms with Crippen molar-refractivity contribution in [1.29, 1.82) is 0 Å². The Morgan fingerprint density at radius 3 is 1.75 bits per heavy atom. The third-order valence-electron chi connectivity index (χ3n) is 4.65. The van der Waals surface area contributed by atoms with E-state index in [-0.39, 0.29) is 0 Å². The highest BCUT2D eigenvalue weighted by molar-refractivity contribution is 5.26. The number of terminal acetylenes is 1. The molecule has 0 aliphatic heterocycles. The SMILES string of the molecule is C#CC.C=C.CC.CC#C/C(C)=C\CC/C(=C\CC)C(C)(CC)C/C=C(/C)CC.CCC. The summed E-state index contributed by atoms with van der Waals surface area (Å²) in [7, 11) is 0. The van der Waals surface area contributed by atoms with Gasteiger partial charge >= 0.3 is 0 Å².